The minimum Gasteiger partial charge on any atom is -0.403 e. The standard InChI is InChI=1S/C19H30O2SSi/c1-7-23(8-2,9-3)21-19(16(4)5)14-15-22(20)18-12-10-17(6)11-13-18/h10-13,16,19H,7-9H2,1-6H3/t19?,22-/m1/s1. The molecule has 0 fully saturated rings. The van der Waals surface area contributed by atoms with Crippen LogP contribution in [0.15, 0.2) is 29.2 Å². The third-order valence-corrected chi connectivity index (χ3v) is 10.1. The van der Waals surface area contributed by atoms with Gasteiger partial charge in [-0.25, -0.2) is 4.21 Å². The molecule has 0 saturated carbocycles. The molecule has 0 aromatic heterocycles. The summed E-state index contributed by atoms with van der Waals surface area (Å²) in [4.78, 5) is 0.760. The minimum absolute atomic E-state index is 0.129. The second kappa shape index (κ2) is 9.41. The Kier molecular flexibility index (Phi) is 8.25. The molecule has 0 aliphatic rings. The molecule has 2 nitrogen and oxygen atoms in total. The summed E-state index contributed by atoms with van der Waals surface area (Å²) in [7, 11) is -2.99. The van der Waals surface area contributed by atoms with E-state index >= 15 is 0 Å². The summed E-state index contributed by atoms with van der Waals surface area (Å²) < 4.78 is 18.8. The molecule has 0 saturated heterocycles. The maximum Gasteiger partial charge on any atom is 0.193 e. The summed E-state index contributed by atoms with van der Waals surface area (Å²) in [6, 6.07) is 11.0. The third-order valence-electron chi connectivity index (χ3n) is 4.44. The lowest BCUT2D eigenvalue weighted by atomic mass is 10.1. The zero-order chi connectivity index (χ0) is 17.5. The van der Waals surface area contributed by atoms with Crippen molar-refractivity contribution in [2.45, 2.75) is 70.7 Å². The van der Waals surface area contributed by atoms with Crippen molar-refractivity contribution in [2.24, 2.45) is 5.92 Å². The molecule has 128 valence electrons. The summed E-state index contributed by atoms with van der Waals surface area (Å²) in [5.41, 5.74) is 1.16. The molecular formula is C19H30O2SSi. The van der Waals surface area contributed by atoms with E-state index in [1.54, 1.807) is 0 Å². The average Bonchev–Trinajstić information content (AvgIpc) is 2.56. The number of benzene rings is 1. The fourth-order valence-corrected chi connectivity index (χ4v) is 6.03. The summed E-state index contributed by atoms with van der Waals surface area (Å²) in [5, 5.41) is 2.91. The second-order valence-corrected chi connectivity index (χ2v) is 12.3. The van der Waals surface area contributed by atoms with Gasteiger partial charge in [-0.2, -0.15) is 0 Å². The SMILES string of the molecule is CC[Si](CC)(CC)OC(C#C[S@@](=O)c1ccc(C)cc1)C(C)C. The van der Waals surface area contributed by atoms with Crippen LogP contribution in [0.5, 0.6) is 0 Å². The van der Waals surface area contributed by atoms with Crippen LogP contribution in [-0.4, -0.2) is 18.6 Å². The highest BCUT2D eigenvalue weighted by Crippen LogP contribution is 2.25. The smallest absolute Gasteiger partial charge is 0.193 e. The Morgan fingerprint density at radius 2 is 1.61 bits per heavy atom. The molecule has 0 aliphatic carbocycles. The van der Waals surface area contributed by atoms with Gasteiger partial charge in [0.2, 0.25) is 0 Å². The van der Waals surface area contributed by atoms with E-state index in [-0.39, 0.29) is 6.10 Å². The van der Waals surface area contributed by atoms with Crippen molar-refractivity contribution in [2.75, 3.05) is 0 Å². The topological polar surface area (TPSA) is 26.3 Å². The maximum absolute atomic E-state index is 12.4. The van der Waals surface area contributed by atoms with Crippen LogP contribution in [0.4, 0.5) is 0 Å². The van der Waals surface area contributed by atoms with Gasteiger partial charge in [0.25, 0.3) is 0 Å². The van der Waals surface area contributed by atoms with Gasteiger partial charge in [-0.3, -0.25) is 0 Å². The number of hydrogen-bond donors (Lipinski definition) is 0. The maximum atomic E-state index is 12.4. The summed E-state index contributed by atoms with van der Waals surface area (Å²) in [5.74, 6) is 3.45. The molecule has 0 bridgehead atoms. The van der Waals surface area contributed by atoms with Gasteiger partial charge in [-0.1, -0.05) is 58.2 Å². The van der Waals surface area contributed by atoms with E-state index in [4.69, 9.17) is 4.43 Å². The first kappa shape index (κ1) is 20.2. The molecule has 4 heteroatoms. The van der Waals surface area contributed by atoms with Gasteiger partial charge in [0, 0.05) is 5.25 Å². The van der Waals surface area contributed by atoms with Crippen molar-refractivity contribution >= 4 is 19.1 Å². The Balaban J connectivity index is 2.92. The molecule has 0 spiro atoms. The highest BCUT2D eigenvalue weighted by atomic mass is 32.2. The summed E-state index contributed by atoms with van der Waals surface area (Å²) in [6.45, 7) is 12.9. The lowest BCUT2D eigenvalue weighted by molar-refractivity contribution is 0.192. The molecule has 0 radical (unpaired) electrons. The molecular weight excluding hydrogens is 320 g/mol. The monoisotopic (exact) mass is 350 g/mol. The predicted octanol–water partition coefficient (Wildman–Crippen LogP) is 5.11. The highest BCUT2D eigenvalue weighted by Gasteiger charge is 2.32. The lowest BCUT2D eigenvalue weighted by Crippen LogP contribution is -2.41. The average molecular weight is 351 g/mol. The van der Waals surface area contributed by atoms with E-state index in [0.717, 1.165) is 28.6 Å². The van der Waals surface area contributed by atoms with E-state index in [0.29, 0.717) is 5.92 Å². The van der Waals surface area contributed by atoms with Crippen molar-refractivity contribution in [3.05, 3.63) is 29.8 Å². The molecule has 1 unspecified atom stereocenters. The number of aryl methyl sites for hydroxylation is 1. The fourth-order valence-electron chi connectivity index (χ4n) is 2.43. The van der Waals surface area contributed by atoms with Crippen LogP contribution < -0.4 is 0 Å². The van der Waals surface area contributed by atoms with Gasteiger partial charge in [0.15, 0.2) is 8.32 Å². The largest absolute Gasteiger partial charge is 0.403 e. The fraction of sp³-hybridized carbons (Fsp3) is 0.579. The van der Waals surface area contributed by atoms with Gasteiger partial charge in [0.1, 0.15) is 16.9 Å². The first-order chi connectivity index (χ1) is 10.9. The van der Waals surface area contributed by atoms with Crippen LogP contribution >= 0.6 is 0 Å². The minimum atomic E-state index is -1.70. The van der Waals surface area contributed by atoms with Gasteiger partial charge >= 0.3 is 0 Å². The van der Waals surface area contributed by atoms with E-state index in [2.05, 4.69) is 45.8 Å². The quantitative estimate of drug-likeness (QED) is 0.504. The molecule has 0 aliphatic heterocycles. The molecule has 0 amide bonds. The van der Waals surface area contributed by atoms with Crippen molar-refractivity contribution in [1.29, 1.82) is 0 Å². The first-order valence-corrected chi connectivity index (χ1v) is 12.2. The Labute approximate surface area is 145 Å². The highest BCUT2D eigenvalue weighted by molar-refractivity contribution is 7.89. The zero-order valence-electron chi connectivity index (χ0n) is 15.3. The van der Waals surface area contributed by atoms with Crippen LogP contribution in [0.2, 0.25) is 18.1 Å². The van der Waals surface area contributed by atoms with E-state index in [9.17, 15) is 4.21 Å². The molecule has 0 heterocycles. The second-order valence-electron chi connectivity index (χ2n) is 6.35. The Hall–Kier alpha value is -0.893. The molecule has 1 aromatic carbocycles. The van der Waals surface area contributed by atoms with Crippen LogP contribution in [-0.2, 0) is 15.2 Å². The Morgan fingerprint density at radius 3 is 2.04 bits per heavy atom. The van der Waals surface area contributed by atoms with E-state index in [1.807, 2.05) is 31.2 Å². The van der Waals surface area contributed by atoms with Crippen molar-refractivity contribution < 1.29 is 8.63 Å². The Morgan fingerprint density at radius 1 is 1.09 bits per heavy atom. The van der Waals surface area contributed by atoms with Gasteiger partial charge < -0.3 is 4.43 Å². The first-order valence-electron chi connectivity index (χ1n) is 8.54. The normalized spacial score (nSPS) is 14.2. The molecule has 0 N–H and O–H groups in total. The number of hydrogen-bond acceptors (Lipinski definition) is 2. The van der Waals surface area contributed by atoms with Crippen LogP contribution in [0.1, 0.15) is 40.2 Å². The Bertz CT molecular complexity index is 557. The van der Waals surface area contributed by atoms with E-state index < -0.39 is 19.1 Å². The van der Waals surface area contributed by atoms with Crippen molar-refractivity contribution in [3.8, 4) is 11.2 Å². The molecule has 1 aromatic rings. The third kappa shape index (κ3) is 5.91. The zero-order valence-corrected chi connectivity index (χ0v) is 17.1. The van der Waals surface area contributed by atoms with Gasteiger partial charge in [-0.05, 0) is 43.1 Å². The van der Waals surface area contributed by atoms with Gasteiger partial charge in [-0.15, -0.1) is 0 Å². The lowest BCUT2D eigenvalue weighted by Gasteiger charge is -2.32. The van der Waals surface area contributed by atoms with E-state index in [1.165, 1.54) is 0 Å². The summed E-state index contributed by atoms with van der Waals surface area (Å²) in [6.07, 6.45) is -0.129. The van der Waals surface area contributed by atoms with Crippen molar-refractivity contribution in [3.63, 3.8) is 0 Å². The summed E-state index contributed by atoms with van der Waals surface area (Å²) >= 11 is 0. The predicted molar refractivity (Wildman–Crippen MR) is 102 cm³/mol. The van der Waals surface area contributed by atoms with Crippen LogP contribution in [0, 0.1) is 24.0 Å². The number of rotatable bonds is 7. The molecule has 23 heavy (non-hydrogen) atoms. The molecule has 1 rings (SSSR count). The molecule has 2 atom stereocenters. The van der Waals surface area contributed by atoms with Crippen LogP contribution in [0.3, 0.4) is 0 Å². The van der Waals surface area contributed by atoms with Crippen molar-refractivity contribution in [1.82, 2.24) is 0 Å². The van der Waals surface area contributed by atoms with Crippen LogP contribution in [0.25, 0.3) is 0 Å². The van der Waals surface area contributed by atoms with Gasteiger partial charge in [0.05, 0.1) is 4.90 Å².